The number of rotatable bonds is 7. The van der Waals surface area contributed by atoms with E-state index < -0.39 is 47.6 Å². The van der Waals surface area contributed by atoms with Crippen molar-refractivity contribution in [2.45, 2.75) is 25.4 Å². The SMILES string of the molecule is O=C(CC(=O)N1CCC(=NOC(c2ccc(F)cc2)c2ccc(F)cc2)CC1)Nc1ccc(F)cc1F. The van der Waals surface area contributed by atoms with Gasteiger partial charge < -0.3 is 15.1 Å². The molecular formula is C27H23F4N3O3. The predicted molar refractivity (Wildman–Crippen MR) is 129 cm³/mol. The summed E-state index contributed by atoms with van der Waals surface area (Å²) in [6, 6.07) is 14.2. The number of hydrogen-bond donors (Lipinski definition) is 1. The van der Waals surface area contributed by atoms with Crippen molar-refractivity contribution in [3.8, 4) is 0 Å². The lowest BCUT2D eigenvalue weighted by molar-refractivity contribution is -0.134. The van der Waals surface area contributed by atoms with Crippen LogP contribution in [-0.2, 0) is 14.4 Å². The van der Waals surface area contributed by atoms with Crippen LogP contribution in [-0.4, -0.2) is 35.5 Å². The zero-order chi connectivity index (χ0) is 26.4. The average Bonchev–Trinajstić information content (AvgIpc) is 2.88. The molecule has 0 spiro atoms. The first kappa shape index (κ1) is 25.9. The Labute approximate surface area is 210 Å². The Morgan fingerprint density at radius 3 is 1.92 bits per heavy atom. The highest BCUT2D eigenvalue weighted by atomic mass is 19.1. The summed E-state index contributed by atoms with van der Waals surface area (Å²) >= 11 is 0. The summed E-state index contributed by atoms with van der Waals surface area (Å²) in [6.45, 7) is 0.605. The first-order chi connectivity index (χ1) is 17.8. The monoisotopic (exact) mass is 513 g/mol. The minimum absolute atomic E-state index is 0.207. The van der Waals surface area contributed by atoms with Gasteiger partial charge in [-0.1, -0.05) is 29.4 Å². The van der Waals surface area contributed by atoms with Crippen molar-refractivity contribution < 1.29 is 32.0 Å². The molecule has 0 saturated carbocycles. The molecule has 10 heteroatoms. The molecule has 1 heterocycles. The number of nitrogens with one attached hydrogen (secondary N) is 1. The molecule has 1 fully saturated rings. The average molecular weight is 513 g/mol. The standard InChI is InChI=1S/C27H23F4N3O3/c28-19-5-1-17(2-6-19)27(18-3-7-20(29)8-4-18)37-33-22-11-13-34(14-12-22)26(36)16-25(35)32-24-10-9-21(30)15-23(24)31/h1-10,15,27H,11-14,16H2,(H,32,35). The second-order valence-electron chi connectivity index (χ2n) is 8.48. The van der Waals surface area contributed by atoms with Crippen molar-refractivity contribution in [2.24, 2.45) is 5.16 Å². The van der Waals surface area contributed by atoms with Crippen LogP contribution in [0.3, 0.4) is 0 Å². The number of hydrogen-bond acceptors (Lipinski definition) is 4. The third-order valence-corrected chi connectivity index (χ3v) is 5.84. The van der Waals surface area contributed by atoms with E-state index in [1.54, 1.807) is 24.3 Å². The maximum atomic E-state index is 13.7. The zero-order valence-corrected chi connectivity index (χ0v) is 19.6. The molecule has 0 aliphatic carbocycles. The predicted octanol–water partition coefficient (Wildman–Crippen LogP) is 5.36. The fourth-order valence-corrected chi connectivity index (χ4v) is 3.86. The molecule has 4 rings (SSSR count). The van der Waals surface area contributed by atoms with E-state index in [1.165, 1.54) is 29.2 Å². The molecule has 0 aromatic heterocycles. The third kappa shape index (κ3) is 6.93. The molecule has 37 heavy (non-hydrogen) atoms. The molecule has 6 nitrogen and oxygen atoms in total. The Balaban J connectivity index is 1.34. The molecule has 1 aliphatic heterocycles. The minimum atomic E-state index is -0.931. The molecule has 1 saturated heterocycles. The smallest absolute Gasteiger partial charge is 0.233 e. The Morgan fingerprint density at radius 1 is 0.838 bits per heavy atom. The van der Waals surface area contributed by atoms with Crippen molar-refractivity contribution >= 4 is 23.2 Å². The number of carbonyl (C=O) groups is 2. The van der Waals surface area contributed by atoms with Crippen LogP contribution in [0.15, 0.2) is 71.9 Å². The fourth-order valence-electron chi connectivity index (χ4n) is 3.86. The molecular weight excluding hydrogens is 490 g/mol. The van der Waals surface area contributed by atoms with Crippen LogP contribution in [0.2, 0.25) is 0 Å². The van der Waals surface area contributed by atoms with Crippen LogP contribution in [0.5, 0.6) is 0 Å². The molecule has 0 radical (unpaired) electrons. The fraction of sp³-hybridized carbons (Fsp3) is 0.222. The molecule has 1 N–H and O–H groups in total. The number of benzene rings is 3. The van der Waals surface area contributed by atoms with Gasteiger partial charge in [0.15, 0.2) is 6.10 Å². The number of nitrogens with zero attached hydrogens (tertiary/aromatic N) is 2. The van der Waals surface area contributed by atoms with E-state index in [4.69, 9.17) is 4.84 Å². The summed E-state index contributed by atoms with van der Waals surface area (Å²) in [5.74, 6) is -3.65. The van der Waals surface area contributed by atoms with Crippen molar-refractivity contribution in [1.82, 2.24) is 4.90 Å². The van der Waals surface area contributed by atoms with E-state index in [2.05, 4.69) is 10.5 Å². The highest BCUT2D eigenvalue weighted by Gasteiger charge is 2.24. The number of piperidine rings is 1. The van der Waals surface area contributed by atoms with Crippen LogP contribution in [0.25, 0.3) is 0 Å². The highest BCUT2D eigenvalue weighted by Crippen LogP contribution is 2.27. The minimum Gasteiger partial charge on any atom is -0.383 e. The maximum absolute atomic E-state index is 13.7. The molecule has 0 bridgehead atoms. The highest BCUT2D eigenvalue weighted by molar-refractivity contribution is 6.04. The maximum Gasteiger partial charge on any atom is 0.233 e. The van der Waals surface area contributed by atoms with E-state index in [0.29, 0.717) is 48.8 Å². The van der Waals surface area contributed by atoms with Crippen molar-refractivity contribution in [2.75, 3.05) is 18.4 Å². The first-order valence-corrected chi connectivity index (χ1v) is 11.5. The molecule has 2 amide bonds. The largest absolute Gasteiger partial charge is 0.383 e. The number of anilines is 1. The third-order valence-electron chi connectivity index (χ3n) is 5.84. The molecule has 192 valence electrons. The summed E-state index contributed by atoms with van der Waals surface area (Å²) in [4.78, 5) is 32.0. The van der Waals surface area contributed by atoms with E-state index >= 15 is 0 Å². The van der Waals surface area contributed by atoms with Gasteiger partial charge in [0.2, 0.25) is 11.8 Å². The lowest BCUT2D eigenvalue weighted by Crippen LogP contribution is -2.40. The Morgan fingerprint density at radius 2 is 1.38 bits per heavy atom. The Bertz CT molecular complexity index is 1240. The van der Waals surface area contributed by atoms with E-state index in [-0.39, 0.29) is 5.69 Å². The van der Waals surface area contributed by atoms with Gasteiger partial charge in [0.1, 0.15) is 29.7 Å². The van der Waals surface area contributed by atoms with Gasteiger partial charge in [0.25, 0.3) is 0 Å². The molecule has 3 aromatic rings. The number of halogens is 4. The topological polar surface area (TPSA) is 71.0 Å². The van der Waals surface area contributed by atoms with Gasteiger partial charge in [-0.15, -0.1) is 0 Å². The number of amides is 2. The molecule has 1 aliphatic rings. The van der Waals surface area contributed by atoms with Crippen molar-refractivity contribution in [3.05, 3.63) is 101 Å². The summed E-state index contributed by atoms with van der Waals surface area (Å²) in [7, 11) is 0. The second-order valence-corrected chi connectivity index (χ2v) is 8.48. The molecule has 0 atom stereocenters. The van der Waals surface area contributed by atoms with Crippen molar-refractivity contribution in [1.29, 1.82) is 0 Å². The van der Waals surface area contributed by atoms with Crippen LogP contribution in [0, 0.1) is 23.3 Å². The van der Waals surface area contributed by atoms with Gasteiger partial charge in [0, 0.05) is 32.0 Å². The van der Waals surface area contributed by atoms with Gasteiger partial charge >= 0.3 is 0 Å². The summed E-state index contributed by atoms with van der Waals surface area (Å²) < 4.78 is 53.5. The van der Waals surface area contributed by atoms with Gasteiger partial charge in [0.05, 0.1) is 11.4 Å². The first-order valence-electron chi connectivity index (χ1n) is 11.5. The quantitative estimate of drug-likeness (QED) is 0.263. The Hall–Kier alpha value is -4.21. The molecule has 0 unspecified atom stereocenters. The van der Waals surface area contributed by atoms with Gasteiger partial charge in [-0.2, -0.15) is 0 Å². The second kappa shape index (κ2) is 11.7. The lowest BCUT2D eigenvalue weighted by Gasteiger charge is -2.27. The number of oxime groups is 1. The van der Waals surface area contributed by atoms with Crippen molar-refractivity contribution in [3.63, 3.8) is 0 Å². The van der Waals surface area contributed by atoms with Crippen LogP contribution in [0.4, 0.5) is 23.2 Å². The summed E-state index contributed by atoms with van der Waals surface area (Å²) in [5, 5.41) is 6.52. The van der Waals surface area contributed by atoms with Crippen LogP contribution in [0.1, 0.15) is 36.5 Å². The normalized spacial score (nSPS) is 13.4. The van der Waals surface area contributed by atoms with E-state index in [1.807, 2.05) is 0 Å². The lowest BCUT2D eigenvalue weighted by atomic mass is 10.0. The van der Waals surface area contributed by atoms with E-state index in [9.17, 15) is 27.2 Å². The van der Waals surface area contributed by atoms with Gasteiger partial charge in [-0.25, -0.2) is 17.6 Å². The Kier molecular flexibility index (Phi) is 8.17. The zero-order valence-electron chi connectivity index (χ0n) is 19.6. The molecule has 3 aromatic carbocycles. The van der Waals surface area contributed by atoms with Crippen LogP contribution >= 0.6 is 0 Å². The number of likely N-dealkylation sites (tertiary alicyclic amines) is 1. The number of carbonyl (C=O) groups excluding carboxylic acids is 2. The van der Waals surface area contributed by atoms with Gasteiger partial charge in [-0.3, -0.25) is 9.59 Å². The van der Waals surface area contributed by atoms with Gasteiger partial charge in [-0.05, 0) is 47.5 Å². The van der Waals surface area contributed by atoms with E-state index in [0.717, 1.165) is 12.1 Å². The summed E-state index contributed by atoms with van der Waals surface area (Å²) in [5.41, 5.74) is 1.75. The summed E-state index contributed by atoms with van der Waals surface area (Å²) in [6.07, 6.45) is -0.375. The van der Waals surface area contributed by atoms with Crippen LogP contribution < -0.4 is 5.32 Å².